The lowest BCUT2D eigenvalue weighted by atomic mass is 10.2. The molecule has 1 rings (SSSR count). The molecule has 6 heteroatoms. The molecule has 0 aliphatic heterocycles. The van der Waals surface area contributed by atoms with E-state index in [0.717, 1.165) is 6.92 Å². The van der Waals surface area contributed by atoms with Gasteiger partial charge in [-0.05, 0) is 12.5 Å². The van der Waals surface area contributed by atoms with Gasteiger partial charge in [0.1, 0.15) is 0 Å². The van der Waals surface area contributed by atoms with Crippen LogP contribution < -0.4 is 5.32 Å². The molecule has 0 spiro atoms. The molecule has 3 N–H and O–H groups in total. The first-order valence-corrected chi connectivity index (χ1v) is 4.27. The summed E-state index contributed by atoms with van der Waals surface area (Å²) in [5, 5.41) is 31.0. The Balaban J connectivity index is 3.06. The molecule has 1 aromatic carbocycles. The summed E-state index contributed by atoms with van der Waals surface area (Å²) in [6, 6.07) is 4.14. The Bertz CT molecular complexity index is 384. The first kappa shape index (κ1) is 11.4. The number of aryl methyl sites for hydroxylation is 1. The molecule has 0 aliphatic carbocycles. The van der Waals surface area contributed by atoms with Crippen LogP contribution in [0.25, 0.3) is 0 Å². The molecule has 0 atom stereocenters. The minimum Gasteiger partial charge on any atom is -0.349 e. The summed E-state index contributed by atoms with van der Waals surface area (Å²) in [7, 11) is 0. The van der Waals surface area contributed by atoms with Crippen LogP contribution in [0.5, 0.6) is 0 Å². The Morgan fingerprint density at radius 1 is 1.47 bits per heavy atom. The maximum Gasteiger partial charge on any atom is 0.271 e. The van der Waals surface area contributed by atoms with Crippen LogP contribution in [-0.4, -0.2) is 21.0 Å². The number of nitro groups is 1. The van der Waals surface area contributed by atoms with Crippen molar-refractivity contribution in [3.63, 3.8) is 0 Å². The summed E-state index contributed by atoms with van der Waals surface area (Å²) < 4.78 is 0. The topological polar surface area (TPSA) is 95.6 Å². The molecule has 0 saturated heterocycles. The quantitative estimate of drug-likeness (QED) is 0.394. The van der Waals surface area contributed by atoms with E-state index in [-0.39, 0.29) is 5.69 Å². The van der Waals surface area contributed by atoms with Gasteiger partial charge in [0.15, 0.2) is 0 Å². The van der Waals surface area contributed by atoms with Crippen molar-refractivity contribution in [2.45, 2.75) is 19.8 Å². The van der Waals surface area contributed by atoms with E-state index >= 15 is 0 Å². The number of nitrogens with one attached hydrogen (secondary N) is 1. The second-order valence-electron chi connectivity index (χ2n) is 3.40. The molecule has 0 bridgehead atoms. The smallest absolute Gasteiger partial charge is 0.271 e. The molecular formula is C9H12N2O4. The Hall–Kier alpha value is -1.66. The van der Waals surface area contributed by atoms with Crippen molar-refractivity contribution >= 4 is 11.4 Å². The van der Waals surface area contributed by atoms with Gasteiger partial charge in [-0.15, -0.1) is 0 Å². The molecule has 0 radical (unpaired) electrons. The number of non-ortho nitro benzene ring substituents is 1. The molecule has 15 heavy (non-hydrogen) atoms. The third-order valence-corrected chi connectivity index (χ3v) is 1.80. The highest BCUT2D eigenvalue weighted by molar-refractivity contribution is 5.57. The molecule has 0 heterocycles. The number of benzene rings is 1. The van der Waals surface area contributed by atoms with E-state index in [1.165, 1.54) is 18.2 Å². The van der Waals surface area contributed by atoms with Crippen molar-refractivity contribution < 1.29 is 15.1 Å². The lowest BCUT2D eigenvalue weighted by molar-refractivity contribution is -0.384. The van der Waals surface area contributed by atoms with E-state index < -0.39 is 10.8 Å². The fourth-order valence-corrected chi connectivity index (χ4v) is 1.11. The standard InChI is InChI=1S/C9H12N2O4/c1-6-3-4-7(11(14)15)5-8(6)10-9(2,12)13/h3-5,10,12-13H,1-2H3. The molecule has 6 nitrogen and oxygen atoms in total. The normalized spacial score (nSPS) is 11.2. The van der Waals surface area contributed by atoms with Gasteiger partial charge in [0.25, 0.3) is 5.69 Å². The Morgan fingerprint density at radius 3 is 2.53 bits per heavy atom. The molecule has 0 saturated carbocycles. The highest BCUT2D eigenvalue weighted by Crippen LogP contribution is 2.23. The summed E-state index contributed by atoms with van der Waals surface area (Å²) in [6.07, 6.45) is 0. The lowest BCUT2D eigenvalue weighted by Gasteiger charge is -2.20. The van der Waals surface area contributed by atoms with Crippen molar-refractivity contribution in [3.8, 4) is 0 Å². The molecule has 82 valence electrons. The number of hydrogen-bond acceptors (Lipinski definition) is 5. The second kappa shape index (κ2) is 3.84. The zero-order valence-electron chi connectivity index (χ0n) is 8.39. The number of nitro benzene ring substituents is 1. The summed E-state index contributed by atoms with van der Waals surface area (Å²) in [6.45, 7) is 2.84. The van der Waals surface area contributed by atoms with Crippen LogP contribution in [0.1, 0.15) is 12.5 Å². The molecule has 1 aromatic rings. The largest absolute Gasteiger partial charge is 0.349 e. The van der Waals surface area contributed by atoms with Gasteiger partial charge < -0.3 is 15.5 Å². The fraction of sp³-hybridized carbons (Fsp3) is 0.333. The number of rotatable bonds is 3. The van der Waals surface area contributed by atoms with E-state index in [1.54, 1.807) is 6.92 Å². The molecule has 0 aliphatic rings. The van der Waals surface area contributed by atoms with Crippen LogP contribution in [-0.2, 0) is 0 Å². The highest BCUT2D eigenvalue weighted by Gasteiger charge is 2.17. The molecule has 0 aromatic heterocycles. The van der Waals surface area contributed by atoms with Crippen molar-refractivity contribution in [1.29, 1.82) is 0 Å². The highest BCUT2D eigenvalue weighted by atomic mass is 16.6. The van der Waals surface area contributed by atoms with E-state index in [4.69, 9.17) is 10.2 Å². The van der Waals surface area contributed by atoms with Gasteiger partial charge in [-0.1, -0.05) is 6.07 Å². The van der Waals surface area contributed by atoms with Crippen LogP contribution in [0.15, 0.2) is 18.2 Å². The van der Waals surface area contributed by atoms with Gasteiger partial charge in [0.05, 0.1) is 4.92 Å². The minimum atomic E-state index is -2.10. The van der Waals surface area contributed by atoms with Gasteiger partial charge in [-0.3, -0.25) is 10.1 Å². The van der Waals surface area contributed by atoms with Crippen molar-refractivity contribution in [2.24, 2.45) is 0 Å². The number of nitrogens with zero attached hydrogens (tertiary/aromatic N) is 1. The molecule has 0 fully saturated rings. The first-order valence-electron chi connectivity index (χ1n) is 4.27. The summed E-state index contributed by atoms with van der Waals surface area (Å²) >= 11 is 0. The molecule has 0 unspecified atom stereocenters. The number of anilines is 1. The van der Waals surface area contributed by atoms with E-state index in [0.29, 0.717) is 11.3 Å². The Morgan fingerprint density at radius 2 is 2.07 bits per heavy atom. The van der Waals surface area contributed by atoms with E-state index in [2.05, 4.69) is 5.32 Å². The van der Waals surface area contributed by atoms with Crippen LogP contribution in [0, 0.1) is 17.0 Å². The van der Waals surface area contributed by atoms with Gasteiger partial charge in [0, 0.05) is 24.7 Å². The average molecular weight is 212 g/mol. The van der Waals surface area contributed by atoms with Crippen LogP contribution >= 0.6 is 0 Å². The monoisotopic (exact) mass is 212 g/mol. The van der Waals surface area contributed by atoms with Crippen molar-refractivity contribution in [3.05, 3.63) is 33.9 Å². The third kappa shape index (κ3) is 3.19. The van der Waals surface area contributed by atoms with Crippen molar-refractivity contribution in [2.75, 3.05) is 5.32 Å². The molecular weight excluding hydrogens is 200 g/mol. The summed E-state index contributed by atoms with van der Waals surface area (Å²) in [5.41, 5.74) is 0.902. The minimum absolute atomic E-state index is 0.104. The zero-order valence-corrected chi connectivity index (χ0v) is 8.39. The summed E-state index contributed by atoms with van der Waals surface area (Å²) in [5.74, 6) is -2.10. The van der Waals surface area contributed by atoms with Gasteiger partial charge in [-0.2, -0.15) is 0 Å². The van der Waals surface area contributed by atoms with E-state index in [9.17, 15) is 10.1 Å². The summed E-state index contributed by atoms with van der Waals surface area (Å²) in [4.78, 5) is 9.94. The van der Waals surface area contributed by atoms with Crippen LogP contribution in [0.4, 0.5) is 11.4 Å². The van der Waals surface area contributed by atoms with E-state index in [1.807, 2.05) is 0 Å². The van der Waals surface area contributed by atoms with Crippen LogP contribution in [0.2, 0.25) is 0 Å². The zero-order chi connectivity index (χ0) is 11.6. The third-order valence-electron chi connectivity index (χ3n) is 1.80. The Labute approximate surface area is 86.3 Å². The molecule has 0 amide bonds. The average Bonchev–Trinajstić information content (AvgIpc) is 2.06. The SMILES string of the molecule is Cc1ccc([N+](=O)[O-])cc1NC(C)(O)O. The van der Waals surface area contributed by atoms with Gasteiger partial charge in [0.2, 0.25) is 5.91 Å². The van der Waals surface area contributed by atoms with Crippen molar-refractivity contribution in [1.82, 2.24) is 0 Å². The lowest BCUT2D eigenvalue weighted by Crippen LogP contribution is -2.33. The second-order valence-corrected chi connectivity index (χ2v) is 3.40. The van der Waals surface area contributed by atoms with Gasteiger partial charge >= 0.3 is 0 Å². The predicted octanol–water partition coefficient (Wildman–Crippen LogP) is 0.973. The maximum atomic E-state index is 10.5. The Kier molecular flexibility index (Phi) is 2.92. The number of aliphatic hydroxyl groups is 2. The first-order chi connectivity index (χ1) is 6.79. The number of hydrogen-bond donors (Lipinski definition) is 3. The fourth-order valence-electron chi connectivity index (χ4n) is 1.11. The maximum absolute atomic E-state index is 10.5. The van der Waals surface area contributed by atoms with Gasteiger partial charge in [-0.25, -0.2) is 0 Å². The predicted molar refractivity (Wildman–Crippen MR) is 54.3 cm³/mol. The van der Waals surface area contributed by atoms with Crippen LogP contribution in [0.3, 0.4) is 0 Å².